The van der Waals surface area contributed by atoms with Gasteiger partial charge >= 0.3 is 0 Å². The van der Waals surface area contributed by atoms with E-state index in [1.807, 2.05) is 18.0 Å². The summed E-state index contributed by atoms with van der Waals surface area (Å²) in [5.74, 6) is -0.339. The number of likely N-dealkylation sites (tertiary alicyclic amines) is 1. The van der Waals surface area contributed by atoms with E-state index in [9.17, 15) is 4.39 Å². The fourth-order valence-electron chi connectivity index (χ4n) is 2.48. The van der Waals surface area contributed by atoms with Gasteiger partial charge in [0.05, 0.1) is 11.4 Å². The molecule has 0 radical (unpaired) electrons. The number of halogens is 1. The summed E-state index contributed by atoms with van der Waals surface area (Å²) in [5.41, 5.74) is 6.79. The van der Waals surface area contributed by atoms with E-state index in [1.165, 1.54) is 18.9 Å². The molecule has 1 aliphatic rings. The van der Waals surface area contributed by atoms with Crippen LogP contribution in [0.3, 0.4) is 0 Å². The second-order valence-electron chi connectivity index (χ2n) is 4.83. The van der Waals surface area contributed by atoms with Gasteiger partial charge in [-0.2, -0.15) is 0 Å². The van der Waals surface area contributed by atoms with Gasteiger partial charge in [-0.3, -0.25) is 0 Å². The summed E-state index contributed by atoms with van der Waals surface area (Å²) in [7, 11) is 4.11. The number of hydrogen-bond acceptors (Lipinski definition) is 3. The van der Waals surface area contributed by atoms with Crippen molar-refractivity contribution in [3.05, 3.63) is 24.0 Å². The number of benzene rings is 1. The third-order valence-corrected chi connectivity index (χ3v) is 3.60. The fourth-order valence-corrected chi connectivity index (χ4v) is 2.48. The van der Waals surface area contributed by atoms with Crippen LogP contribution in [0.2, 0.25) is 0 Å². The van der Waals surface area contributed by atoms with Crippen molar-refractivity contribution in [3.8, 4) is 0 Å². The Kier molecular flexibility index (Phi) is 3.52. The number of nitrogens with zero attached hydrogens (tertiary/aromatic N) is 2. The first-order valence-electron chi connectivity index (χ1n) is 6.05. The van der Waals surface area contributed by atoms with E-state index >= 15 is 0 Å². The lowest BCUT2D eigenvalue weighted by molar-refractivity contribution is 0.314. The summed E-state index contributed by atoms with van der Waals surface area (Å²) in [6.07, 6.45) is 2.45. The van der Waals surface area contributed by atoms with Crippen LogP contribution in [-0.4, -0.2) is 38.1 Å². The topological polar surface area (TPSA) is 32.5 Å². The van der Waals surface area contributed by atoms with Gasteiger partial charge in [0.1, 0.15) is 5.82 Å². The Morgan fingerprint density at radius 3 is 2.94 bits per heavy atom. The van der Waals surface area contributed by atoms with Gasteiger partial charge in [-0.15, -0.1) is 0 Å². The molecule has 1 aliphatic heterocycles. The highest BCUT2D eigenvalue weighted by atomic mass is 19.1. The van der Waals surface area contributed by atoms with Gasteiger partial charge in [0.2, 0.25) is 0 Å². The molecule has 0 aliphatic carbocycles. The molecule has 17 heavy (non-hydrogen) atoms. The van der Waals surface area contributed by atoms with Crippen molar-refractivity contribution in [3.63, 3.8) is 0 Å². The quantitative estimate of drug-likeness (QED) is 0.815. The lowest BCUT2D eigenvalue weighted by atomic mass is 10.2. The first kappa shape index (κ1) is 12.2. The molecule has 0 amide bonds. The molecule has 0 aromatic heterocycles. The van der Waals surface area contributed by atoms with E-state index in [0.717, 1.165) is 18.8 Å². The first-order valence-corrected chi connectivity index (χ1v) is 6.05. The van der Waals surface area contributed by atoms with Crippen molar-refractivity contribution in [2.75, 3.05) is 37.8 Å². The maximum Gasteiger partial charge on any atom is 0.148 e. The second kappa shape index (κ2) is 4.92. The van der Waals surface area contributed by atoms with Gasteiger partial charge in [0.15, 0.2) is 0 Å². The molecule has 0 saturated carbocycles. The van der Waals surface area contributed by atoms with E-state index in [4.69, 9.17) is 5.73 Å². The molecular weight excluding hydrogens is 217 g/mol. The lowest BCUT2D eigenvalue weighted by Gasteiger charge is -2.28. The van der Waals surface area contributed by atoms with Crippen LogP contribution in [0.1, 0.15) is 12.8 Å². The molecule has 1 aromatic carbocycles. The Balaban J connectivity index is 2.09. The minimum absolute atomic E-state index is 0.246. The Morgan fingerprint density at radius 1 is 1.53 bits per heavy atom. The average Bonchev–Trinajstić information content (AvgIpc) is 2.68. The minimum Gasteiger partial charge on any atom is -0.395 e. The molecule has 1 unspecified atom stereocenters. The van der Waals surface area contributed by atoms with Crippen molar-refractivity contribution < 1.29 is 4.39 Å². The van der Waals surface area contributed by atoms with Gasteiger partial charge in [0, 0.05) is 19.6 Å². The standard InChI is InChI=1S/C13H20FN3/c1-16-8-4-5-10(16)9-17(2)12-7-3-6-11(14)13(12)15/h3,6-7,10H,4-5,8-9,15H2,1-2H3. The molecule has 0 spiro atoms. The molecule has 1 atom stereocenters. The molecule has 3 nitrogen and oxygen atoms in total. The largest absolute Gasteiger partial charge is 0.395 e. The molecule has 4 heteroatoms. The van der Waals surface area contributed by atoms with Crippen LogP contribution < -0.4 is 10.6 Å². The van der Waals surface area contributed by atoms with Crippen LogP contribution in [-0.2, 0) is 0 Å². The molecular formula is C13H20FN3. The number of hydrogen-bond donors (Lipinski definition) is 1. The number of rotatable bonds is 3. The zero-order valence-electron chi connectivity index (χ0n) is 10.5. The van der Waals surface area contributed by atoms with Crippen LogP contribution in [0.5, 0.6) is 0 Å². The number of anilines is 2. The van der Waals surface area contributed by atoms with E-state index in [0.29, 0.717) is 6.04 Å². The summed E-state index contributed by atoms with van der Waals surface area (Å²) in [4.78, 5) is 4.40. The van der Waals surface area contributed by atoms with Gasteiger partial charge in [-0.05, 0) is 38.6 Å². The smallest absolute Gasteiger partial charge is 0.148 e. The van der Waals surface area contributed by atoms with Crippen LogP contribution in [0.15, 0.2) is 18.2 Å². The molecule has 0 bridgehead atoms. The summed E-state index contributed by atoms with van der Waals surface area (Å²) in [5, 5.41) is 0. The van der Waals surface area contributed by atoms with Crippen molar-refractivity contribution in [1.82, 2.24) is 4.90 Å². The highest BCUT2D eigenvalue weighted by molar-refractivity contribution is 5.67. The predicted octanol–water partition coefficient (Wildman–Crippen LogP) is 1.94. The number of nitrogen functional groups attached to an aromatic ring is 1. The van der Waals surface area contributed by atoms with Gasteiger partial charge in [-0.25, -0.2) is 4.39 Å². The van der Waals surface area contributed by atoms with E-state index in [2.05, 4.69) is 11.9 Å². The SMILES string of the molecule is CN(CC1CCCN1C)c1cccc(F)c1N. The van der Waals surface area contributed by atoms with E-state index in [-0.39, 0.29) is 11.5 Å². The van der Waals surface area contributed by atoms with Crippen LogP contribution in [0, 0.1) is 5.82 Å². The third-order valence-electron chi connectivity index (χ3n) is 3.60. The lowest BCUT2D eigenvalue weighted by Crippen LogP contribution is -2.36. The third kappa shape index (κ3) is 2.52. The fraction of sp³-hybridized carbons (Fsp3) is 0.538. The molecule has 94 valence electrons. The van der Waals surface area contributed by atoms with Crippen LogP contribution in [0.25, 0.3) is 0 Å². The predicted molar refractivity (Wildman–Crippen MR) is 69.7 cm³/mol. The minimum atomic E-state index is -0.339. The van der Waals surface area contributed by atoms with E-state index in [1.54, 1.807) is 6.07 Å². The molecule has 1 saturated heterocycles. The van der Waals surface area contributed by atoms with Gasteiger partial charge in [0.25, 0.3) is 0 Å². The maximum absolute atomic E-state index is 13.4. The Labute approximate surface area is 102 Å². The summed E-state index contributed by atoms with van der Waals surface area (Å²) < 4.78 is 13.4. The molecule has 1 fully saturated rings. The van der Waals surface area contributed by atoms with Crippen molar-refractivity contribution >= 4 is 11.4 Å². The zero-order chi connectivity index (χ0) is 12.4. The van der Waals surface area contributed by atoms with Crippen LogP contribution in [0.4, 0.5) is 15.8 Å². The number of nitrogens with two attached hydrogens (primary N) is 1. The highest BCUT2D eigenvalue weighted by Gasteiger charge is 2.22. The van der Waals surface area contributed by atoms with E-state index < -0.39 is 0 Å². The van der Waals surface area contributed by atoms with Gasteiger partial charge < -0.3 is 15.5 Å². The summed E-state index contributed by atoms with van der Waals surface area (Å²) in [6, 6.07) is 5.51. The maximum atomic E-state index is 13.4. The Hall–Kier alpha value is -1.29. The Bertz CT molecular complexity index is 394. The van der Waals surface area contributed by atoms with Crippen molar-refractivity contribution in [1.29, 1.82) is 0 Å². The number of para-hydroxylation sites is 1. The molecule has 1 heterocycles. The first-order chi connectivity index (χ1) is 8.09. The molecule has 1 aromatic rings. The second-order valence-corrected chi connectivity index (χ2v) is 4.83. The summed E-state index contributed by atoms with van der Waals surface area (Å²) in [6.45, 7) is 2.04. The monoisotopic (exact) mass is 237 g/mol. The van der Waals surface area contributed by atoms with Crippen molar-refractivity contribution in [2.24, 2.45) is 0 Å². The average molecular weight is 237 g/mol. The molecule has 2 N–H and O–H groups in total. The number of likely N-dealkylation sites (N-methyl/N-ethyl adjacent to an activating group) is 2. The zero-order valence-corrected chi connectivity index (χ0v) is 10.5. The molecule has 2 rings (SSSR count). The Morgan fingerprint density at radius 2 is 2.29 bits per heavy atom. The normalized spacial score (nSPS) is 20.8. The van der Waals surface area contributed by atoms with Crippen LogP contribution >= 0.6 is 0 Å². The highest BCUT2D eigenvalue weighted by Crippen LogP contribution is 2.26. The summed E-state index contributed by atoms with van der Waals surface area (Å²) >= 11 is 0. The van der Waals surface area contributed by atoms with Gasteiger partial charge in [-0.1, -0.05) is 6.07 Å². The van der Waals surface area contributed by atoms with Crippen molar-refractivity contribution in [2.45, 2.75) is 18.9 Å².